The number of hydrogen-bond donors (Lipinski definition) is 1. The molecule has 122 valence electrons. The number of carbonyl (C=O) groups is 1. The maximum absolute atomic E-state index is 11.6. The van der Waals surface area contributed by atoms with E-state index >= 15 is 0 Å². The number of amides is 1. The van der Waals surface area contributed by atoms with Crippen molar-refractivity contribution >= 4 is 17.7 Å². The Bertz CT molecular complexity index is 708. The minimum Gasteiger partial charge on any atom is -0.353 e. The van der Waals surface area contributed by atoms with Crippen LogP contribution in [0.15, 0.2) is 17.2 Å². The highest BCUT2D eigenvalue weighted by atomic mass is 32.2. The molecule has 2 aromatic rings. The van der Waals surface area contributed by atoms with Crippen molar-refractivity contribution in [2.75, 3.05) is 5.75 Å². The van der Waals surface area contributed by atoms with Gasteiger partial charge >= 0.3 is 0 Å². The van der Waals surface area contributed by atoms with Gasteiger partial charge in [0.15, 0.2) is 5.82 Å². The molecule has 0 saturated carbocycles. The predicted molar refractivity (Wildman–Crippen MR) is 89.9 cm³/mol. The summed E-state index contributed by atoms with van der Waals surface area (Å²) in [5.41, 5.74) is 3.70. The average molecular weight is 331 g/mol. The zero-order valence-corrected chi connectivity index (χ0v) is 14.5. The zero-order chi connectivity index (χ0) is 16.4. The number of carbonyl (C=O) groups excluding carboxylic acids is 1. The summed E-state index contributed by atoms with van der Waals surface area (Å²) in [5.74, 6) is 1.09. The lowest BCUT2D eigenvalue weighted by Crippen LogP contribution is -2.31. The Morgan fingerprint density at radius 3 is 2.83 bits per heavy atom. The van der Waals surface area contributed by atoms with Gasteiger partial charge in [-0.15, -0.1) is 10.2 Å². The molecular weight excluding hydrogens is 310 g/mol. The largest absolute Gasteiger partial charge is 0.353 e. The van der Waals surface area contributed by atoms with E-state index in [1.807, 2.05) is 30.7 Å². The SMILES string of the molecule is Cc1c2c(nn1-c1ccc(SCC(=O)NC(C)C)nn1)CCC2. The number of thioether (sulfide) groups is 1. The summed E-state index contributed by atoms with van der Waals surface area (Å²) in [6.07, 6.45) is 3.35. The van der Waals surface area contributed by atoms with E-state index in [1.54, 1.807) is 0 Å². The lowest BCUT2D eigenvalue weighted by Gasteiger charge is -2.08. The molecule has 23 heavy (non-hydrogen) atoms. The van der Waals surface area contributed by atoms with E-state index in [-0.39, 0.29) is 11.9 Å². The maximum Gasteiger partial charge on any atom is 0.230 e. The van der Waals surface area contributed by atoms with Crippen molar-refractivity contribution in [1.82, 2.24) is 25.3 Å². The lowest BCUT2D eigenvalue weighted by atomic mass is 10.2. The molecule has 0 unspecified atom stereocenters. The molecule has 2 aromatic heterocycles. The van der Waals surface area contributed by atoms with Gasteiger partial charge in [-0.2, -0.15) is 5.10 Å². The summed E-state index contributed by atoms with van der Waals surface area (Å²) >= 11 is 1.39. The van der Waals surface area contributed by atoms with Crippen LogP contribution in [0.5, 0.6) is 0 Å². The summed E-state index contributed by atoms with van der Waals surface area (Å²) in [4.78, 5) is 11.6. The van der Waals surface area contributed by atoms with Crippen molar-refractivity contribution in [2.24, 2.45) is 0 Å². The fraction of sp³-hybridized carbons (Fsp3) is 0.500. The Morgan fingerprint density at radius 1 is 1.35 bits per heavy atom. The lowest BCUT2D eigenvalue weighted by molar-refractivity contribution is -0.119. The van der Waals surface area contributed by atoms with Crippen molar-refractivity contribution in [3.63, 3.8) is 0 Å². The van der Waals surface area contributed by atoms with Crippen molar-refractivity contribution in [3.05, 3.63) is 29.1 Å². The molecule has 1 aliphatic carbocycles. The van der Waals surface area contributed by atoms with Crippen LogP contribution in [0.1, 0.15) is 37.2 Å². The summed E-state index contributed by atoms with van der Waals surface area (Å²) in [5, 5.41) is 16.7. The van der Waals surface area contributed by atoms with E-state index in [2.05, 4.69) is 27.5 Å². The fourth-order valence-electron chi connectivity index (χ4n) is 2.78. The maximum atomic E-state index is 11.6. The first-order chi connectivity index (χ1) is 11.0. The quantitative estimate of drug-likeness (QED) is 0.849. The molecule has 0 fully saturated rings. The summed E-state index contributed by atoms with van der Waals surface area (Å²) in [6, 6.07) is 3.95. The minimum atomic E-state index is 0.00947. The minimum absolute atomic E-state index is 0.00947. The summed E-state index contributed by atoms with van der Waals surface area (Å²) in [6.45, 7) is 5.97. The second-order valence-electron chi connectivity index (χ2n) is 6.02. The Kier molecular flexibility index (Phi) is 4.66. The number of rotatable bonds is 5. The smallest absolute Gasteiger partial charge is 0.230 e. The molecule has 2 heterocycles. The van der Waals surface area contributed by atoms with E-state index in [0.29, 0.717) is 5.75 Å². The molecule has 7 heteroatoms. The van der Waals surface area contributed by atoms with Crippen LogP contribution in [-0.2, 0) is 17.6 Å². The number of aromatic nitrogens is 4. The van der Waals surface area contributed by atoms with E-state index in [0.717, 1.165) is 29.4 Å². The number of fused-ring (bicyclic) bond motifs is 1. The monoisotopic (exact) mass is 331 g/mol. The van der Waals surface area contributed by atoms with Crippen LogP contribution in [0.3, 0.4) is 0 Å². The zero-order valence-electron chi connectivity index (χ0n) is 13.7. The Balaban J connectivity index is 1.67. The molecule has 0 spiro atoms. The van der Waals surface area contributed by atoms with Gasteiger partial charge in [-0.3, -0.25) is 4.79 Å². The van der Waals surface area contributed by atoms with Crippen LogP contribution in [-0.4, -0.2) is 37.7 Å². The van der Waals surface area contributed by atoms with E-state index < -0.39 is 0 Å². The first-order valence-corrected chi connectivity index (χ1v) is 8.87. The topological polar surface area (TPSA) is 72.7 Å². The van der Waals surface area contributed by atoms with Crippen LogP contribution >= 0.6 is 11.8 Å². The van der Waals surface area contributed by atoms with Gasteiger partial charge < -0.3 is 5.32 Å². The molecule has 0 aliphatic heterocycles. The number of hydrogen-bond acceptors (Lipinski definition) is 5. The normalized spacial score (nSPS) is 13.4. The van der Waals surface area contributed by atoms with E-state index in [9.17, 15) is 4.79 Å². The third-order valence-corrected chi connectivity index (χ3v) is 4.73. The Hall–Kier alpha value is -1.89. The van der Waals surface area contributed by atoms with Gasteiger partial charge in [0.2, 0.25) is 5.91 Å². The van der Waals surface area contributed by atoms with Gasteiger partial charge in [0, 0.05) is 11.7 Å². The fourth-order valence-corrected chi connectivity index (χ4v) is 3.41. The number of nitrogens with one attached hydrogen (secondary N) is 1. The van der Waals surface area contributed by atoms with Gasteiger partial charge in [-0.25, -0.2) is 4.68 Å². The van der Waals surface area contributed by atoms with Gasteiger partial charge in [-0.05, 0) is 57.7 Å². The first-order valence-electron chi connectivity index (χ1n) is 7.88. The van der Waals surface area contributed by atoms with E-state index in [4.69, 9.17) is 0 Å². The summed E-state index contributed by atoms with van der Waals surface area (Å²) in [7, 11) is 0. The molecule has 0 atom stereocenters. The van der Waals surface area contributed by atoms with Crippen molar-refractivity contribution in [3.8, 4) is 5.82 Å². The van der Waals surface area contributed by atoms with Crippen molar-refractivity contribution in [2.45, 2.75) is 51.1 Å². The molecule has 0 saturated heterocycles. The van der Waals surface area contributed by atoms with E-state index in [1.165, 1.54) is 29.4 Å². The van der Waals surface area contributed by atoms with Crippen LogP contribution in [0.2, 0.25) is 0 Å². The molecule has 1 amide bonds. The summed E-state index contributed by atoms with van der Waals surface area (Å²) < 4.78 is 1.87. The third kappa shape index (κ3) is 3.55. The third-order valence-electron chi connectivity index (χ3n) is 3.81. The Morgan fingerprint density at radius 2 is 2.17 bits per heavy atom. The molecule has 1 N–H and O–H groups in total. The van der Waals surface area contributed by atoms with Crippen LogP contribution in [0.4, 0.5) is 0 Å². The van der Waals surface area contributed by atoms with Crippen molar-refractivity contribution < 1.29 is 4.79 Å². The van der Waals surface area contributed by atoms with Crippen LogP contribution < -0.4 is 5.32 Å². The standard InChI is InChI=1S/C16H21N5OS/c1-10(2)17-15(22)9-23-16-8-7-14(18-19-16)21-11(3)12-5-4-6-13(12)20-21/h7-8,10H,4-6,9H2,1-3H3,(H,17,22). The highest BCUT2D eigenvalue weighted by Gasteiger charge is 2.20. The number of nitrogens with zero attached hydrogens (tertiary/aromatic N) is 4. The van der Waals surface area contributed by atoms with Gasteiger partial charge in [0.05, 0.1) is 11.4 Å². The molecular formula is C16H21N5OS. The van der Waals surface area contributed by atoms with Gasteiger partial charge in [0.1, 0.15) is 5.03 Å². The molecule has 3 rings (SSSR count). The van der Waals surface area contributed by atoms with Crippen LogP contribution in [0, 0.1) is 6.92 Å². The van der Waals surface area contributed by atoms with Crippen molar-refractivity contribution in [1.29, 1.82) is 0 Å². The Labute approximate surface area is 140 Å². The first kappa shape index (κ1) is 16.0. The molecule has 0 radical (unpaired) electrons. The average Bonchev–Trinajstić information content (AvgIpc) is 3.09. The second kappa shape index (κ2) is 6.70. The highest BCUT2D eigenvalue weighted by Crippen LogP contribution is 2.26. The number of aryl methyl sites for hydroxylation is 1. The molecule has 6 nitrogen and oxygen atoms in total. The van der Waals surface area contributed by atoms with Gasteiger partial charge in [0.25, 0.3) is 0 Å². The molecule has 0 bridgehead atoms. The second-order valence-corrected chi connectivity index (χ2v) is 7.01. The van der Waals surface area contributed by atoms with Crippen LogP contribution in [0.25, 0.3) is 5.82 Å². The van der Waals surface area contributed by atoms with Gasteiger partial charge in [-0.1, -0.05) is 11.8 Å². The predicted octanol–water partition coefficient (Wildman–Crippen LogP) is 2.08. The molecule has 1 aliphatic rings. The molecule has 0 aromatic carbocycles. The highest BCUT2D eigenvalue weighted by molar-refractivity contribution is 7.99.